The smallest absolute Gasteiger partial charge is 0.239 e. The molecule has 1 aliphatic carbocycles. The Labute approximate surface area is 243 Å². The molecule has 1 aromatic heterocycles. The predicted octanol–water partition coefficient (Wildman–Crippen LogP) is 5.63. The minimum absolute atomic E-state index is 0.0714. The summed E-state index contributed by atoms with van der Waals surface area (Å²) < 4.78 is 6.13. The third-order valence-corrected chi connectivity index (χ3v) is 8.68. The number of para-hydroxylation sites is 1. The fourth-order valence-corrected chi connectivity index (χ4v) is 6.44. The van der Waals surface area contributed by atoms with E-state index < -0.39 is 0 Å². The fraction of sp³-hybridized carbons (Fsp3) is 0.485. The van der Waals surface area contributed by atoms with Gasteiger partial charge in [0.05, 0.1) is 19.2 Å². The average molecular weight is 558 g/mol. The number of nitrogen functional groups attached to an aromatic ring is 1. The van der Waals surface area contributed by atoms with Crippen LogP contribution >= 0.6 is 0 Å². The van der Waals surface area contributed by atoms with E-state index in [-0.39, 0.29) is 36.5 Å². The number of carbonyl (C=O) groups excluding carboxylic acids is 2. The number of nitrogens with one attached hydrogen (secondary N) is 1. The number of likely N-dealkylation sites (tertiary alicyclic amines) is 1. The minimum Gasteiger partial charge on any atom is -0.493 e. The summed E-state index contributed by atoms with van der Waals surface area (Å²) in [5.74, 6) is 1.36. The van der Waals surface area contributed by atoms with Crippen LogP contribution in [0.15, 0.2) is 60.8 Å². The maximum atomic E-state index is 14.0. The Morgan fingerprint density at radius 2 is 1.83 bits per heavy atom. The Hall–Kier alpha value is -3.65. The molecule has 8 heteroatoms. The van der Waals surface area contributed by atoms with Crippen molar-refractivity contribution in [3.63, 3.8) is 0 Å². The van der Waals surface area contributed by atoms with Gasteiger partial charge in [-0.2, -0.15) is 0 Å². The number of hydrogen-bond acceptors (Lipinski definition) is 6. The van der Waals surface area contributed by atoms with Crippen LogP contribution in [0.2, 0.25) is 0 Å². The van der Waals surface area contributed by atoms with Crippen molar-refractivity contribution >= 4 is 34.1 Å². The van der Waals surface area contributed by atoms with Gasteiger partial charge in [0, 0.05) is 42.3 Å². The second-order valence-corrected chi connectivity index (χ2v) is 11.5. The monoisotopic (exact) mass is 557 g/mol. The number of aromatic nitrogens is 1. The molecule has 3 N–H and O–H groups in total. The van der Waals surface area contributed by atoms with Crippen LogP contribution in [-0.4, -0.2) is 64.4 Å². The van der Waals surface area contributed by atoms with Gasteiger partial charge in [0.15, 0.2) is 0 Å². The van der Waals surface area contributed by atoms with Crippen molar-refractivity contribution in [3.8, 4) is 5.75 Å². The zero-order valence-electron chi connectivity index (χ0n) is 24.1. The van der Waals surface area contributed by atoms with Crippen molar-refractivity contribution < 1.29 is 14.3 Å². The molecule has 0 radical (unpaired) electrons. The van der Waals surface area contributed by atoms with E-state index in [1.54, 1.807) is 6.20 Å². The van der Waals surface area contributed by atoms with Crippen molar-refractivity contribution in [3.05, 3.63) is 60.8 Å². The van der Waals surface area contributed by atoms with E-state index in [9.17, 15) is 9.59 Å². The van der Waals surface area contributed by atoms with Gasteiger partial charge in [0.25, 0.3) is 0 Å². The van der Waals surface area contributed by atoms with Crippen molar-refractivity contribution in [2.24, 2.45) is 0 Å². The lowest BCUT2D eigenvalue weighted by Crippen LogP contribution is -2.56. The Bertz CT molecular complexity index is 1310. The molecule has 8 nitrogen and oxygen atoms in total. The molecule has 2 aromatic carbocycles. The highest BCUT2D eigenvalue weighted by Crippen LogP contribution is 2.28. The maximum Gasteiger partial charge on any atom is 0.239 e. The van der Waals surface area contributed by atoms with Gasteiger partial charge in [0.1, 0.15) is 11.6 Å². The molecule has 2 atom stereocenters. The van der Waals surface area contributed by atoms with Crippen molar-refractivity contribution in [2.45, 2.75) is 82.8 Å². The normalized spacial score (nSPS) is 18.8. The van der Waals surface area contributed by atoms with Gasteiger partial charge >= 0.3 is 0 Å². The molecule has 1 saturated carbocycles. The van der Waals surface area contributed by atoms with Crippen LogP contribution in [0.3, 0.4) is 0 Å². The number of ether oxygens (including phenoxy) is 1. The maximum absolute atomic E-state index is 14.0. The van der Waals surface area contributed by atoms with Gasteiger partial charge < -0.3 is 20.7 Å². The number of anilines is 2. The van der Waals surface area contributed by atoms with Gasteiger partial charge in [-0.25, -0.2) is 4.98 Å². The molecular formula is C33H43N5O3. The van der Waals surface area contributed by atoms with E-state index >= 15 is 0 Å². The van der Waals surface area contributed by atoms with Gasteiger partial charge in [0.2, 0.25) is 11.8 Å². The van der Waals surface area contributed by atoms with Crippen LogP contribution in [0, 0.1) is 0 Å². The first-order valence-electron chi connectivity index (χ1n) is 15.2. The summed E-state index contributed by atoms with van der Waals surface area (Å²) in [6.45, 7) is 3.49. The van der Waals surface area contributed by atoms with Gasteiger partial charge in [-0.1, -0.05) is 37.5 Å². The summed E-state index contributed by atoms with van der Waals surface area (Å²) in [7, 11) is 0. The average Bonchev–Trinajstić information content (AvgIpc) is 3.00. The minimum atomic E-state index is -0.360. The fourth-order valence-electron chi connectivity index (χ4n) is 6.44. The zero-order valence-corrected chi connectivity index (χ0v) is 24.1. The second kappa shape index (κ2) is 13.8. The molecule has 1 unspecified atom stereocenters. The van der Waals surface area contributed by atoms with Gasteiger partial charge in [-0.05, 0) is 80.8 Å². The molecule has 5 rings (SSSR count). The number of benzene rings is 2. The Kier molecular flexibility index (Phi) is 9.72. The number of rotatable bonds is 10. The van der Waals surface area contributed by atoms with E-state index in [4.69, 9.17) is 10.5 Å². The van der Waals surface area contributed by atoms with Crippen LogP contribution in [0.5, 0.6) is 5.75 Å². The highest BCUT2D eigenvalue weighted by atomic mass is 16.5. The van der Waals surface area contributed by atoms with E-state index in [1.807, 2.05) is 61.5 Å². The standard InChI is InChI=1S/C33H43N5O3/c1-24(38(27-12-6-3-7-13-27)23-31(39)36-26-10-4-2-5-11-26)33(40)37-20-9-8-14-28(37)18-21-41-29-15-16-30-25(22-29)17-19-35-32(30)34/h2,4-5,10-11,15-17,19,22,24,27-28H,3,6-9,12-14,18,20-21,23H2,1H3,(H2,34,35)(H,36,39)/t24-,28?/m0/s1. The first kappa shape index (κ1) is 28.9. The molecule has 2 aliphatic rings. The number of pyridine rings is 1. The van der Waals surface area contributed by atoms with Gasteiger partial charge in [-0.3, -0.25) is 14.5 Å². The lowest BCUT2D eigenvalue weighted by atomic mass is 9.92. The summed E-state index contributed by atoms with van der Waals surface area (Å²) in [4.78, 5) is 35.5. The Morgan fingerprint density at radius 1 is 1.05 bits per heavy atom. The number of nitrogens with two attached hydrogens (primary N) is 1. The van der Waals surface area contributed by atoms with Crippen molar-refractivity contribution in [1.82, 2.24) is 14.8 Å². The number of amides is 2. The molecular weight excluding hydrogens is 514 g/mol. The molecule has 41 heavy (non-hydrogen) atoms. The first-order valence-corrected chi connectivity index (χ1v) is 15.2. The lowest BCUT2D eigenvalue weighted by Gasteiger charge is -2.42. The van der Waals surface area contributed by atoms with Gasteiger partial charge in [-0.15, -0.1) is 0 Å². The molecule has 1 aliphatic heterocycles. The highest BCUT2D eigenvalue weighted by molar-refractivity contribution is 5.93. The second-order valence-electron chi connectivity index (χ2n) is 11.5. The molecule has 2 heterocycles. The molecule has 1 saturated heterocycles. The summed E-state index contributed by atoms with van der Waals surface area (Å²) in [5.41, 5.74) is 6.77. The van der Waals surface area contributed by atoms with Crippen molar-refractivity contribution in [2.75, 3.05) is 30.7 Å². The number of fused-ring (bicyclic) bond motifs is 1. The number of piperidine rings is 1. The summed E-state index contributed by atoms with van der Waals surface area (Å²) in [6.07, 6.45) is 11.1. The SMILES string of the molecule is C[C@@H](C(=O)N1CCCCC1CCOc1ccc2c(N)nccc2c1)N(CC(=O)Nc1ccccc1)C1CCCCC1. The van der Waals surface area contributed by atoms with E-state index in [1.165, 1.54) is 6.42 Å². The molecule has 2 fully saturated rings. The van der Waals surface area contributed by atoms with Crippen LogP contribution in [-0.2, 0) is 9.59 Å². The Balaban J connectivity index is 1.23. The molecule has 218 valence electrons. The first-order chi connectivity index (χ1) is 20.0. The van der Waals surface area contributed by atoms with Crippen LogP contribution in [0.1, 0.15) is 64.7 Å². The quantitative estimate of drug-likeness (QED) is 0.335. The number of nitrogens with zero attached hydrogens (tertiary/aromatic N) is 3. The number of hydrogen-bond donors (Lipinski definition) is 2. The lowest BCUT2D eigenvalue weighted by molar-refractivity contribution is -0.142. The molecule has 0 bridgehead atoms. The third kappa shape index (κ3) is 7.36. The third-order valence-electron chi connectivity index (χ3n) is 8.68. The topological polar surface area (TPSA) is 101 Å². The van der Waals surface area contributed by atoms with E-state index in [2.05, 4.69) is 20.1 Å². The highest BCUT2D eigenvalue weighted by Gasteiger charge is 2.36. The van der Waals surface area contributed by atoms with E-state index in [0.717, 1.165) is 80.1 Å². The predicted molar refractivity (Wildman–Crippen MR) is 164 cm³/mol. The van der Waals surface area contributed by atoms with Crippen LogP contribution in [0.25, 0.3) is 10.8 Å². The largest absolute Gasteiger partial charge is 0.493 e. The zero-order chi connectivity index (χ0) is 28.6. The molecule has 0 spiro atoms. The van der Waals surface area contributed by atoms with Crippen molar-refractivity contribution in [1.29, 1.82) is 0 Å². The summed E-state index contributed by atoms with van der Waals surface area (Å²) in [6, 6.07) is 17.3. The Morgan fingerprint density at radius 3 is 2.63 bits per heavy atom. The summed E-state index contributed by atoms with van der Waals surface area (Å²) >= 11 is 0. The molecule has 3 aromatic rings. The van der Waals surface area contributed by atoms with E-state index in [0.29, 0.717) is 12.4 Å². The van der Waals surface area contributed by atoms with Crippen LogP contribution < -0.4 is 15.8 Å². The molecule has 2 amide bonds. The van der Waals surface area contributed by atoms with Crippen LogP contribution in [0.4, 0.5) is 11.5 Å². The number of carbonyl (C=O) groups is 2. The summed E-state index contributed by atoms with van der Waals surface area (Å²) in [5, 5.41) is 4.93.